The van der Waals surface area contributed by atoms with Crippen molar-refractivity contribution in [1.29, 1.82) is 0 Å². The third kappa shape index (κ3) is 2.11. The van der Waals surface area contributed by atoms with Gasteiger partial charge in [-0.3, -0.25) is 0 Å². The zero-order valence-electron chi connectivity index (χ0n) is 11.6. The molecule has 0 radical (unpaired) electrons. The molecule has 0 aliphatic carbocycles. The van der Waals surface area contributed by atoms with Gasteiger partial charge >= 0.3 is 0 Å². The van der Waals surface area contributed by atoms with Gasteiger partial charge in [0.1, 0.15) is 5.82 Å². The van der Waals surface area contributed by atoms with Gasteiger partial charge in [0.25, 0.3) is 0 Å². The number of nitrogens with two attached hydrogens (primary N) is 1. The van der Waals surface area contributed by atoms with Crippen molar-refractivity contribution in [1.82, 2.24) is 9.55 Å². The predicted octanol–water partition coefficient (Wildman–Crippen LogP) is 3.42. The van der Waals surface area contributed by atoms with Crippen LogP contribution in [0.3, 0.4) is 0 Å². The van der Waals surface area contributed by atoms with Crippen molar-refractivity contribution in [2.24, 2.45) is 12.8 Å². The number of hydrogen-bond donors (Lipinski definition) is 1. The van der Waals surface area contributed by atoms with Crippen molar-refractivity contribution in [3.05, 3.63) is 48.0 Å². The van der Waals surface area contributed by atoms with Crippen LogP contribution >= 0.6 is 11.8 Å². The summed E-state index contributed by atoms with van der Waals surface area (Å²) in [5, 5.41) is 0. The molecule has 0 atom stereocenters. The first-order valence-electron chi connectivity index (χ1n) is 6.53. The van der Waals surface area contributed by atoms with Gasteiger partial charge in [0.15, 0.2) is 0 Å². The van der Waals surface area contributed by atoms with Crippen LogP contribution in [0.1, 0.15) is 5.56 Å². The van der Waals surface area contributed by atoms with E-state index in [0.29, 0.717) is 6.54 Å². The highest BCUT2D eigenvalue weighted by Crippen LogP contribution is 2.31. The zero-order valence-corrected chi connectivity index (χ0v) is 12.4. The van der Waals surface area contributed by atoms with Crippen molar-refractivity contribution in [3.8, 4) is 11.4 Å². The molecule has 0 aliphatic rings. The third-order valence-corrected chi connectivity index (χ3v) is 4.32. The SMILES string of the molecule is CSc1ccccc1-c1nc2ccc(CN)cc2n1C. The standard InChI is InChI=1S/C16H17N3S/c1-19-14-9-11(10-17)7-8-13(14)18-16(19)12-5-3-4-6-15(12)20-2/h3-9H,10,17H2,1-2H3. The summed E-state index contributed by atoms with van der Waals surface area (Å²) in [5.41, 5.74) is 10.2. The minimum atomic E-state index is 0.553. The van der Waals surface area contributed by atoms with Crippen LogP contribution in [0.25, 0.3) is 22.4 Å². The largest absolute Gasteiger partial charge is 0.327 e. The van der Waals surface area contributed by atoms with Crippen molar-refractivity contribution in [2.45, 2.75) is 11.4 Å². The van der Waals surface area contributed by atoms with E-state index in [-0.39, 0.29) is 0 Å². The van der Waals surface area contributed by atoms with Crippen LogP contribution in [0.2, 0.25) is 0 Å². The number of imidazole rings is 1. The number of aromatic nitrogens is 2. The van der Waals surface area contributed by atoms with E-state index in [0.717, 1.165) is 22.4 Å². The number of fused-ring (bicyclic) bond motifs is 1. The Hall–Kier alpha value is -1.78. The van der Waals surface area contributed by atoms with E-state index in [2.05, 4.69) is 48.2 Å². The summed E-state index contributed by atoms with van der Waals surface area (Å²) in [6.45, 7) is 0.553. The van der Waals surface area contributed by atoms with Crippen molar-refractivity contribution in [3.63, 3.8) is 0 Å². The summed E-state index contributed by atoms with van der Waals surface area (Å²) in [4.78, 5) is 6.02. The minimum Gasteiger partial charge on any atom is -0.327 e. The van der Waals surface area contributed by atoms with Gasteiger partial charge in [-0.2, -0.15) is 0 Å². The van der Waals surface area contributed by atoms with Crippen LogP contribution < -0.4 is 5.73 Å². The lowest BCUT2D eigenvalue weighted by Gasteiger charge is -2.07. The Morgan fingerprint density at radius 1 is 1.20 bits per heavy atom. The van der Waals surface area contributed by atoms with Gasteiger partial charge in [-0.05, 0) is 30.0 Å². The average molecular weight is 283 g/mol. The smallest absolute Gasteiger partial charge is 0.141 e. The lowest BCUT2D eigenvalue weighted by Crippen LogP contribution is -1.97. The van der Waals surface area contributed by atoms with E-state index in [1.54, 1.807) is 11.8 Å². The Morgan fingerprint density at radius 3 is 2.75 bits per heavy atom. The molecular weight excluding hydrogens is 266 g/mol. The average Bonchev–Trinajstić information content (AvgIpc) is 2.83. The molecule has 3 nitrogen and oxygen atoms in total. The van der Waals surface area contributed by atoms with E-state index in [9.17, 15) is 0 Å². The predicted molar refractivity (Wildman–Crippen MR) is 85.8 cm³/mol. The molecule has 4 heteroatoms. The second kappa shape index (κ2) is 5.31. The highest BCUT2D eigenvalue weighted by Gasteiger charge is 2.12. The molecule has 0 amide bonds. The fourth-order valence-electron chi connectivity index (χ4n) is 2.43. The van der Waals surface area contributed by atoms with E-state index < -0.39 is 0 Å². The summed E-state index contributed by atoms with van der Waals surface area (Å²) in [6, 6.07) is 14.6. The number of nitrogens with zero attached hydrogens (tertiary/aromatic N) is 2. The molecule has 2 aromatic carbocycles. The number of benzene rings is 2. The van der Waals surface area contributed by atoms with E-state index >= 15 is 0 Å². The first-order chi connectivity index (χ1) is 9.74. The molecule has 0 bridgehead atoms. The molecule has 0 spiro atoms. The van der Waals surface area contributed by atoms with E-state index in [1.165, 1.54) is 10.5 Å². The summed E-state index contributed by atoms with van der Waals surface area (Å²) in [7, 11) is 2.06. The minimum absolute atomic E-state index is 0.553. The lowest BCUT2D eigenvalue weighted by molar-refractivity contribution is 0.952. The fraction of sp³-hybridized carbons (Fsp3) is 0.188. The normalized spacial score (nSPS) is 11.2. The molecule has 1 heterocycles. The maximum absolute atomic E-state index is 5.72. The van der Waals surface area contributed by atoms with Gasteiger partial charge in [-0.1, -0.05) is 24.3 Å². The Balaban J connectivity index is 2.24. The molecule has 1 aromatic heterocycles. The van der Waals surface area contributed by atoms with Crippen LogP contribution in [0.4, 0.5) is 0 Å². The number of hydrogen-bond acceptors (Lipinski definition) is 3. The van der Waals surface area contributed by atoms with Gasteiger partial charge < -0.3 is 10.3 Å². The monoisotopic (exact) mass is 283 g/mol. The van der Waals surface area contributed by atoms with Gasteiger partial charge in [-0.15, -0.1) is 11.8 Å². The highest BCUT2D eigenvalue weighted by atomic mass is 32.2. The second-order valence-electron chi connectivity index (χ2n) is 4.72. The maximum atomic E-state index is 5.72. The van der Waals surface area contributed by atoms with Gasteiger partial charge in [0.05, 0.1) is 11.0 Å². The van der Waals surface area contributed by atoms with E-state index in [1.807, 2.05) is 12.1 Å². The van der Waals surface area contributed by atoms with Crippen molar-refractivity contribution >= 4 is 22.8 Å². The molecule has 3 aromatic rings. The van der Waals surface area contributed by atoms with Crippen molar-refractivity contribution < 1.29 is 0 Å². The third-order valence-electron chi connectivity index (χ3n) is 3.53. The summed E-state index contributed by atoms with van der Waals surface area (Å²) >= 11 is 1.74. The van der Waals surface area contributed by atoms with Crippen LogP contribution in [0.15, 0.2) is 47.4 Å². The molecule has 0 fully saturated rings. The van der Waals surface area contributed by atoms with Crippen LogP contribution in [-0.4, -0.2) is 15.8 Å². The summed E-state index contributed by atoms with van der Waals surface area (Å²) in [5.74, 6) is 0.999. The number of thioether (sulfide) groups is 1. The van der Waals surface area contributed by atoms with Gasteiger partial charge in [0.2, 0.25) is 0 Å². The van der Waals surface area contributed by atoms with Crippen molar-refractivity contribution in [2.75, 3.05) is 6.26 Å². The number of rotatable bonds is 3. The molecule has 20 heavy (non-hydrogen) atoms. The van der Waals surface area contributed by atoms with E-state index in [4.69, 9.17) is 10.7 Å². The molecular formula is C16H17N3S. The molecule has 0 unspecified atom stereocenters. The molecule has 0 saturated heterocycles. The van der Waals surface area contributed by atoms with Crippen LogP contribution in [0.5, 0.6) is 0 Å². The van der Waals surface area contributed by atoms with Gasteiger partial charge in [-0.25, -0.2) is 4.98 Å². The van der Waals surface area contributed by atoms with Crippen LogP contribution in [0, 0.1) is 0 Å². The maximum Gasteiger partial charge on any atom is 0.141 e. The zero-order chi connectivity index (χ0) is 14.1. The molecule has 0 saturated carbocycles. The molecule has 2 N–H and O–H groups in total. The molecule has 0 aliphatic heterocycles. The number of aryl methyl sites for hydroxylation is 1. The molecule has 3 rings (SSSR count). The summed E-state index contributed by atoms with van der Waals surface area (Å²) < 4.78 is 2.14. The topological polar surface area (TPSA) is 43.8 Å². The molecule has 102 valence electrons. The second-order valence-corrected chi connectivity index (χ2v) is 5.57. The Bertz CT molecular complexity index is 762. The Labute approximate surface area is 122 Å². The highest BCUT2D eigenvalue weighted by molar-refractivity contribution is 7.98. The lowest BCUT2D eigenvalue weighted by atomic mass is 10.2. The fourth-order valence-corrected chi connectivity index (χ4v) is 3.03. The first-order valence-corrected chi connectivity index (χ1v) is 7.76. The van der Waals surface area contributed by atoms with Crippen LogP contribution in [-0.2, 0) is 13.6 Å². The van der Waals surface area contributed by atoms with Gasteiger partial charge in [0, 0.05) is 24.1 Å². The first kappa shape index (κ1) is 13.2. The Morgan fingerprint density at radius 2 is 2.00 bits per heavy atom. The quantitative estimate of drug-likeness (QED) is 0.749. The Kier molecular flexibility index (Phi) is 3.51. The summed E-state index contributed by atoms with van der Waals surface area (Å²) in [6.07, 6.45) is 2.09.